The fourth-order valence-corrected chi connectivity index (χ4v) is 1.59. The van der Waals surface area contributed by atoms with Crippen LogP contribution in [0.5, 0.6) is 0 Å². The molecule has 0 saturated carbocycles. The van der Waals surface area contributed by atoms with E-state index in [1.54, 1.807) is 20.0 Å². The maximum Gasteiger partial charge on any atom is 0.223 e. The standard InChI is InChI=1S/C13H22N6O/c1-9-17-11(19-20-9)10(14)7-5-6-8-13(2,3)18-12(15)16-4/h5,7,14H,6,8H2,1-4H3,(H3,15,16,18)/b7-5-,14-10?. The molecule has 1 rings (SSSR count). The molecule has 20 heavy (non-hydrogen) atoms. The van der Waals surface area contributed by atoms with Crippen LogP contribution in [0.4, 0.5) is 0 Å². The molecular weight excluding hydrogens is 256 g/mol. The third-order valence-electron chi connectivity index (χ3n) is 2.70. The molecule has 7 heteroatoms. The fraction of sp³-hybridized carbons (Fsp3) is 0.538. The van der Waals surface area contributed by atoms with Crippen molar-refractivity contribution in [1.82, 2.24) is 15.5 Å². The molecule has 0 atom stereocenters. The lowest BCUT2D eigenvalue weighted by atomic mass is 9.98. The van der Waals surface area contributed by atoms with Crippen molar-refractivity contribution in [2.75, 3.05) is 7.05 Å². The highest BCUT2D eigenvalue weighted by atomic mass is 16.5. The summed E-state index contributed by atoms with van der Waals surface area (Å²) in [6.45, 7) is 5.79. The van der Waals surface area contributed by atoms with Crippen LogP contribution in [-0.4, -0.2) is 34.4 Å². The summed E-state index contributed by atoms with van der Waals surface area (Å²) in [6.07, 6.45) is 5.25. The van der Waals surface area contributed by atoms with E-state index < -0.39 is 0 Å². The molecule has 0 unspecified atom stereocenters. The fourth-order valence-electron chi connectivity index (χ4n) is 1.59. The van der Waals surface area contributed by atoms with E-state index in [0.717, 1.165) is 12.8 Å². The van der Waals surface area contributed by atoms with Gasteiger partial charge >= 0.3 is 0 Å². The number of nitrogens with two attached hydrogens (primary N) is 1. The molecule has 7 nitrogen and oxygen atoms in total. The van der Waals surface area contributed by atoms with Crippen LogP contribution in [0.2, 0.25) is 0 Å². The smallest absolute Gasteiger partial charge is 0.223 e. The van der Waals surface area contributed by atoms with Crippen LogP contribution in [-0.2, 0) is 0 Å². The number of aryl methyl sites for hydroxylation is 1. The van der Waals surface area contributed by atoms with Crippen LogP contribution in [0.1, 0.15) is 38.4 Å². The first-order valence-electron chi connectivity index (χ1n) is 6.40. The number of nitrogens with zero attached hydrogens (tertiary/aromatic N) is 3. The Hall–Kier alpha value is -2.18. The van der Waals surface area contributed by atoms with Gasteiger partial charge in [-0.2, -0.15) is 4.98 Å². The number of guanidine groups is 1. The number of aliphatic imine (C=N–C) groups is 1. The molecule has 0 aliphatic rings. The monoisotopic (exact) mass is 278 g/mol. The number of rotatable bonds is 6. The lowest BCUT2D eigenvalue weighted by Gasteiger charge is -2.26. The van der Waals surface area contributed by atoms with Gasteiger partial charge in [-0.15, -0.1) is 0 Å². The average Bonchev–Trinajstić information content (AvgIpc) is 2.80. The van der Waals surface area contributed by atoms with Crippen molar-refractivity contribution in [2.45, 2.75) is 39.2 Å². The summed E-state index contributed by atoms with van der Waals surface area (Å²) in [5.41, 5.74) is 5.73. The van der Waals surface area contributed by atoms with Gasteiger partial charge in [-0.1, -0.05) is 11.2 Å². The first kappa shape index (κ1) is 15.9. The van der Waals surface area contributed by atoms with Crippen LogP contribution < -0.4 is 11.1 Å². The Balaban J connectivity index is 2.43. The van der Waals surface area contributed by atoms with E-state index in [9.17, 15) is 0 Å². The molecule has 0 radical (unpaired) electrons. The minimum Gasteiger partial charge on any atom is -0.370 e. The topological polar surface area (TPSA) is 113 Å². The van der Waals surface area contributed by atoms with E-state index in [4.69, 9.17) is 15.7 Å². The Bertz CT molecular complexity index is 515. The molecule has 0 spiro atoms. The van der Waals surface area contributed by atoms with E-state index in [1.165, 1.54) is 0 Å². The van der Waals surface area contributed by atoms with Crippen LogP contribution in [0, 0.1) is 12.3 Å². The Morgan fingerprint density at radius 3 is 2.80 bits per heavy atom. The van der Waals surface area contributed by atoms with E-state index in [0.29, 0.717) is 17.7 Å². The summed E-state index contributed by atoms with van der Waals surface area (Å²) in [4.78, 5) is 7.87. The van der Waals surface area contributed by atoms with Crippen molar-refractivity contribution in [2.24, 2.45) is 10.7 Å². The summed E-state index contributed by atoms with van der Waals surface area (Å²) in [6, 6.07) is 0. The van der Waals surface area contributed by atoms with Gasteiger partial charge in [0.1, 0.15) is 5.71 Å². The van der Waals surface area contributed by atoms with Crippen molar-refractivity contribution >= 4 is 11.7 Å². The zero-order valence-electron chi connectivity index (χ0n) is 12.4. The SMILES string of the molecule is CN=C(N)NC(C)(C)CC/C=C\C(=N)c1noc(C)n1. The maximum atomic E-state index is 7.79. The second kappa shape index (κ2) is 6.83. The number of nitrogens with one attached hydrogen (secondary N) is 2. The highest BCUT2D eigenvalue weighted by Crippen LogP contribution is 2.11. The molecule has 1 heterocycles. The van der Waals surface area contributed by atoms with Crippen molar-refractivity contribution in [1.29, 1.82) is 5.41 Å². The van der Waals surface area contributed by atoms with E-state index in [-0.39, 0.29) is 11.3 Å². The third kappa shape index (κ3) is 5.21. The van der Waals surface area contributed by atoms with Gasteiger partial charge in [0.25, 0.3) is 0 Å². The number of hydrogen-bond acceptors (Lipinski definition) is 5. The predicted molar refractivity (Wildman–Crippen MR) is 79.0 cm³/mol. The Morgan fingerprint density at radius 1 is 1.55 bits per heavy atom. The number of aromatic nitrogens is 2. The van der Waals surface area contributed by atoms with Crippen LogP contribution >= 0.6 is 0 Å². The average molecular weight is 278 g/mol. The summed E-state index contributed by atoms with van der Waals surface area (Å²) in [7, 11) is 1.65. The minimum absolute atomic E-state index is 0.154. The van der Waals surface area contributed by atoms with E-state index >= 15 is 0 Å². The molecule has 0 saturated heterocycles. The summed E-state index contributed by atoms with van der Waals surface area (Å²) < 4.78 is 4.83. The Labute approximate surface area is 118 Å². The summed E-state index contributed by atoms with van der Waals surface area (Å²) in [5, 5.41) is 14.6. The number of hydrogen-bond donors (Lipinski definition) is 3. The molecule has 1 aromatic heterocycles. The first-order chi connectivity index (χ1) is 9.34. The lowest BCUT2D eigenvalue weighted by molar-refractivity contribution is 0.392. The Morgan fingerprint density at radius 2 is 2.25 bits per heavy atom. The van der Waals surface area contributed by atoms with Crippen molar-refractivity contribution in [3.63, 3.8) is 0 Å². The van der Waals surface area contributed by atoms with E-state index in [1.807, 2.05) is 19.9 Å². The second-order valence-corrected chi connectivity index (χ2v) is 5.11. The summed E-state index contributed by atoms with van der Waals surface area (Å²) >= 11 is 0. The number of allylic oxidation sites excluding steroid dienone is 2. The molecule has 0 aliphatic carbocycles. The van der Waals surface area contributed by atoms with Crippen molar-refractivity contribution in [3.05, 3.63) is 23.9 Å². The van der Waals surface area contributed by atoms with Crippen molar-refractivity contribution < 1.29 is 4.52 Å². The molecule has 4 N–H and O–H groups in total. The van der Waals surface area contributed by atoms with Crippen molar-refractivity contribution in [3.8, 4) is 0 Å². The van der Waals surface area contributed by atoms with Gasteiger partial charge in [0, 0.05) is 19.5 Å². The molecular formula is C13H22N6O. The van der Waals surface area contributed by atoms with Gasteiger partial charge in [0.2, 0.25) is 11.7 Å². The van der Waals surface area contributed by atoms with Gasteiger partial charge in [0.05, 0.1) is 0 Å². The maximum absolute atomic E-state index is 7.79. The molecule has 0 fully saturated rings. The zero-order valence-corrected chi connectivity index (χ0v) is 12.4. The van der Waals surface area contributed by atoms with Gasteiger partial charge < -0.3 is 15.6 Å². The van der Waals surface area contributed by atoms with Gasteiger partial charge in [-0.25, -0.2) is 0 Å². The zero-order chi connectivity index (χ0) is 15.2. The molecule has 0 bridgehead atoms. The van der Waals surface area contributed by atoms with Crippen LogP contribution in [0.15, 0.2) is 21.7 Å². The second-order valence-electron chi connectivity index (χ2n) is 5.11. The normalized spacial score (nSPS) is 12.9. The van der Waals surface area contributed by atoms with Gasteiger partial charge in [0.15, 0.2) is 5.96 Å². The largest absolute Gasteiger partial charge is 0.370 e. The molecule has 0 amide bonds. The van der Waals surface area contributed by atoms with Crippen LogP contribution in [0.25, 0.3) is 0 Å². The third-order valence-corrected chi connectivity index (χ3v) is 2.70. The van der Waals surface area contributed by atoms with E-state index in [2.05, 4.69) is 20.4 Å². The molecule has 0 aromatic carbocycles. The minimum atomic E-state index is -0.154. The first-order valence-corrected chi connectivity index (χ1v) is 6.40. The Kier molecular flexibility index (Phi) is 5.42. The lowest BCUT2D eigenvalue weighted by Crippen LogP contribution is -2.47. The highest BCUT2D eigenvalue weighted by Gasteiger charge is 2.16. The van der Waals surface area contributed by atoms with Crippen LogP contribution in [0.3, 0.4) is 0 Å². The quantitative estimate of drug-likeness (QED) is 0.537. The molecule has 0 aliphatic heterocycles. The molecule has 110 valence electrons. The van der Waals surface area contributed by atoms with Gasteiger partial charge in [-0.05, 0) is 32.8 Å². The molecule has 1 aromatic rings. The summed E-state index contributed by atoms with van der Waals surface area (Å²) in [5.74, 6) is 1.19. The predicted octanol–water partition coefficient (Wildman–Crippen LogP) is 1.39. The van der Waals surface area contributed by atoms with Gasteiger partial charge in [-0.3, -0.25) is 10.4 Å². The highest BCUT2D eigenvalue weighted by molar-refractivity contribution is 6.03.